The van der Waals surface area contributed by atoms with E-state index >= 15 is 0 Å². The minimum absolute atomic E-state index is 0.0754. The van der Waals surface area contributed by atoms with Crippen LogP contribution in [0.25, 0.3) is 11.4 Å². The van der Waals surface area contributed by atoms with Gasteiger partial charge in [0.2, 0.25) is 0 Å². The zero-order chi connectivity index (χ0) is 20.8. The number of carbonyl (C=O) groups excluding carboxylic acids is 1. The Hall–Kier alpha value is -2.71. The van der Waals surface area contributed by atoms with E-state index in [1.54, 1.807) is 54.1 Å². The van der Waals surface area contributed by atoms with E-state index in [1.807, 2.05) is 6.92 Å². The van der Waals surface area contributed by atoms with Gasteiger partial charge in [0.25, 0.3) is 0 Å². The van der Waals surface area contributed by atoms with Crippen LogP contribution < -0.4 is 4.74 Å². The van der Waals surface area contributed by atoms with Crippen molar-refractivity contribution in [1.82, 2.24) is 14.8 Å². The van der Waals surface area contributed by atoms with E-state index in [4.69, 9.17) is 4.74 Å². The van der Waals surface area contributed by atoms with Gasteiger partial charge in [-0.25, -0.2) is 4.39 Å². The molecule has 0 bridgehead atoms. The lowest BCUT2D eigenvalue weighted by Gasteiger charge is -2.12. The minimum atomic E-state index is -0.731. The molecular weight excluding hydrogens is 393 g/mol. The van der Waals surface area contributed by atoms with Crippen LogP contribution in [0.1, 0.15) is 23.7 Å². The number of benzene rings is 2. The van der Waals surface area contributed by atoms with Crippen LogP contribution in [-0.2, 0) is 7.05 Å². The van der Waals surface area contributed by atoms with Crippen molar-refractivity contribution in [3.8, 4) is 17.1 Å². The minimum Gasteiger partial charge on any atom is -0.491 e. The Morgan fingerprint density at radius 1 is 1.21 bits per heavy atom. The normalized spacial score (nSPS) is 12.0. The summed E-state index contributed by atoms with van der Waals surface area (Å²) in [6.07, 6.45) is -0.276. The van der Waals surface area contributed by atoms with Crippen molar-refractivity contribution in [2.45, 2.75) is 24.6 Å². The highest BCUT2D eigenvalue weighted by atomic mass is 32.2. The van der Waals surface area contributed by atoms with E-state index in [2.05, 4.69) is 10.2 Å². The van der Waals surface area contributed by atoms with E-state index in [0.717, 1.165) is 0 Å². The smallest absolute Gasteiger partial charge is 0.191 e. The molecule has 1 aromatic heterocycles. The summed E-state index contributed by atoms with van der Waals surface area (Å²) >= 11 is 1.31. The summed E-state index contributed by atoms with van der Waals surface area (Å²) in [6, 6.07) is 13.2. The van der Waals surface area contributed by atoms with Crippen molar-refractivity contribution in [3.63, 3.8) is 0 Å². The lowest BCUT2D eigenvalue weighted by molar-refractivity contribution is 0.0987. The van der Waals surface area contributed by atoms with Gasteiger partial charge in [0.1, 0.15) is 18.2 Å². The summed E-state index contributed by atoms with van der Waals surface area (Å²) < 4.78 is 21.2. The second-order valence-corrected chi connectivity index (χ2v) is 7.41. The largest absolute Gasteiger partial charge is 0.491 e. The third kappa shape index (κ3) is 5.21. The molecule has 6 nitrogen and oxygen atoms in total. The van der Waals surface area contributed by atoms with Crippen LogP contribution in [0.15, 0.2) is 53.7 Å². The van der Waals surface area contributed by atoms with Crippen molar-refractivity contribution < 1.29 is 19.0 Å². The number of ether oxygens (including phenoxy) is 1. The molecule has 3 aromatic rings. The van der Waals surface area contributed by atoms with Crippen LogP contribution in [0.5, 0.6) is 5.75 Å². The van der Waals surface area contributed by atoms with Gasteiger partial charge in [0.05, 0.1) is 11.7 Å². The van der Waals surface area contributed by atoms with Gasteiger partial charge in [0.15, 0.2) is 16.8 Å². The first-order valence-corrected chi connectivity index (χ1v) is 10.2. The number of hydrogen-bond acceptors (Lipinski definition) is 6. The van der Waals surface area contributed by atoms with Crippen molar-refractivity contribution in [3.05, 3.63) is 59.9 Å². The molecule has 0 unspecified atom stereocenters. The fourth-order valence-electron chi connectivity index (χ4n) is 2.67. The average Bonchev–Trinajstić information content (AvgIpc) is 3.11. The zero-order valence-electron chi connectivity index (χ0n) is 16.2. The number of aliphatic hydroxyl groups is 1. The Labute approximate surface area is 172 Å². The number of rotatable bonds is 9. The lowest BCUT2D eigenvalue weighted by Crippen LogP contribution is -2.20. The molecule has 0 aliphatic rings. The maximum absolute atomic E-state index is 14.0. The molecule has 29 heavy (non-hydrogen) atoms. The molecule has 0 aliphatic carbocycles. The van der Waals surface area contributed by atoms with Gasteiger partial charge in [-0.3, -0.25) is 4.79 Å². The van der Waals surface area contributed by atoms with Crippen molar-refractivity contribution in [2.75, 3.05) is 12.4 Å². The van der Waals surface area contributed by atoms with Gasteiger partial charge >= 0.3 is 0 Å². The fraction of sp³-hybridized carbons (Fsp3) is 0.286. The predicted octanol–water partition coefficient (Wildman–Crippen LogP) is 3.75. The molecule has 0 fully saturated rings. The van der Waals surface area contributed by atoms with Crippen LogP contribution in [0, 0.1) is 5.82 Å². The quantitative estimate of drug-likeness (QED) is 0.424. The van der Waals surface area contributed by atoms with Crippen molar-refractivity contribution in [2.24, 2.45) is 7.05 Å². The molecule has 152 valence electrons. The number of ketones is 1. The van der Waals surface area contributed by atoms with E-state index in [9.17, 15) is 14.3 Å². The SMILES string of the molecule is CCC(=O)c1ccc(OC[C@@H](O)CSc2nnc(-c3ccccc3F)n2C)cc1. The highest BCUT2D eigenvalue weighted by Crippen LogP contribution is 2.25. The average molecular weight is 415 g/mol. The molecule has 0 saturated carbocycles. The summed E-state index contributed by atoms with van der Waals surface area (Å²) in [5.41, 5.74) is 1.02. The maximum Gasteiger partial charge on any atom is 0.191 e. The highest BCUT2D eigenvalue weighted by Gasteiger charge is 2.16. The van der Waals surface area contributed by atoms with E-state index in [0.29, 0.717) is 40.0 Å². The Morgan fingerprint density at radius 3 is 2.62 bits per heavy atom. The molecule has 2 aromatic carbocycles. The molecule has 0 aliphatic heterocycles. The van der Waals surface area contributed by atoms with E-state index in [1.165, 1.54) is 17.8 Å². The Morgan fingerprint density at radius 2 is 1.93 bits per heavy atom. The van der Waals surface area contributed by atoms with Gasteiger partial charge in [-0.1, -0.05) is 30.8 Å². The predicted molar refractivity (Wildman–Crippen MR) is 110 cm³/mol. The van der Waals surface area contributed by atoms with Crippen LogP contribution in [-0.4, -0.2) is 44.1 Å². The lowest BCUT2D eigenvalue weighted by atomic mass is 10.1. The number of carbonyl (C=O) groups is 1. The molecule has 1 atom stereocenters. The molecule has 0 spiro atoms. The van der Waals surface area contributed by atoms with Gasteiger partial charge in [-0.05, 0) is 36.4 Å². The number of aliphatic hydroxyl groups excluding tert-OH is 1. The molecular formula is C21H22FN3O3S. The van der Waals surface area contributed by atoms with Gasteiger partial charge in [-0.2, -0.15) is 0 Å². The molecule has 8 heteroatoms. The third-order valence-corrected chi connectivity index (χ3v) is 5.46. The number of Topliss-reactive ketones (excluding diaryl/α,β-unsaturated/α-hetero) is 1. The Balaban J connectivity index is 1.53. The van der Waals surface area contributed by atoms with Gasteiger partial charge < -0.3 is 14.4 Å². The van der Waals surface area contributed by atoms with E-state index in [-0.39, 0.29) is 18.2 Å². The first kappa shape index (κ1) is 21.0. The Kier molecular flexibility index (Phi) is 7.00. The van der Waals surface area contributed by atoms with Gasteiger partial charge in [-0.15, -0.1) is 10.2 Å². The second-order valence-electron chi connectivity index (χ2n) is 6.42. The molecule has 0 amide bonds. The first-order chi connectivity index (χ1) is 14.0. The van der Waals surface area contributed by atoms with Crippen LogP contribution in [0.3, 0.4) is 0 Å². The maximum atomic E-state index is 14.0. The fourth-order valence-corrected chi connectivity index (χ4v) is 3.49. The summed E-state index contributed by atoms with van der Waals surface area (Å²) in [5, 5.41) is 18.9. The topological polar surface area (TPSA) is 77.2 Å². The molecule has 0 radical (unpaired) electrons. The van der Waals surface area contributed by atoms with Crippen molar-refractivity contribution in [1.29, 1.82) is 0 Å². The van der Waals surface area contributed by atoms with E-state index < -0.39 is 6.10 Å². The Bertz CT molecular complexity index is 976. The summed E-state index contributed by atoms with van der Waals surface area (Å²) in [6.45, 7) is 1.92. The summed E-state index contributed by atoms with van der Waals surface area (Å²) in [4.78, 5) is 11.6. The molecule has 1 N–H and O–H groups in total. The number of nitrogens with zero attached hydrogens (tertiary/aromatic N) is 3. The van der Waals surface area contributed by atoms with Crippen LogP contribution in [0.2, 0.25) is 0 Å². The van der Waals surface area contributed by atoms with Crippen LogP contribution in [0.4, 0.5) is 4.39 Å². The zero-order valence-corrected chi connectivity index (χ0v) is 17.0. The number of thioether (sulfide) groups is 1. The standard InChI is InChI=1S/C21H22FN3O3S/c1-3-19(27)14-8-10-16(11-9-14)28-12-15(26)13-29-21-24-23-20(25(21)2)17-6-4-5-7-18(17)22/h4-11,15,26H,3,12-13H2,1-2H3/t15-/m1/s1. The summed E-state index contributed by atoms with van der Waals surface area (Å²) in [5.74, 6) is 1.07. The second kappa shape index (κ2) is 9.67. The molecule has 3 rings (SSSR count). The number of halogens is 1. The van der Waals surface area contributed by atoms with Crippen molar-refractivity contribution >= 4 is 17.5 Å². The monoisotopic (exact) mass is 415 g/mol. The number of aromatic nitrogens is 3. The highest BCUT2D eigenvalue weighted by molar-refractivity contribution is 7.99. The van der Waals surface area contributed by atoms with Gasteiger partial charge in [0, 0.05) is 24.8 Å². The third-order valence-electron chi connectivity index (χ3n) is 4.29. The number of hydrogen-bond donors (Lipinski definition) is 1. The van der Waals surface area contributed by atoms with Crippen LogP contribution >= 0.6 is 11.8 Å². The first-order valence-electron chi connectivity index (χ1n) is 9.20. The summed E-state index contributed by atoms with van der Waals surface area (Å²) in [7, 11) is 1.76. The molecule has 1 heterocycles. The molecule has 0 saturated heterocycles.